The van der Waals surface area contributed by atoms with E-state index in [1.54, 1.807) is 4.31 Å². The van der Waals surface area contributed by atoms with Crippen LogP contribution in [0.15, 0.2) is 0 Å². The SMILES string of the molecule is N[C@@H]1CCCN(S(=O)(=O)CC2CCCCO2)C1. The zero-order valence-corrected chi connectivity index (χ0v) is 11.0. The van der Waals surface area contributed by atoms with Gasteiger partial charge < -0.3 is 10.5 Å². The van der Waals surface area contributed by atoms with Gasteiger partial charge in [-0.2, -0.15) is 0 Å². The zero-order valence-electron chi connectivity index (χ0n) is 10.2. The lowest BCUT2D eigenvalue weighted by molar-refractivity contribution is 0.0298. The molecular weight excluding hydrogens is 240 g/mol. The second kappa shape index (κ2) is 5.65. The number of rotatable bonds is 3. The smallest absolute Gasteiger partial charge is 0.216 e. The summed E-state index contributed by atoms with van der Waals surface area (Å²) in [6, 6.07) is -0.00852. The molecule has 2 aliphatic heterocycles. The minimum absolute atomic E-state index is 0.00852. The Labute approximate surface area is 103 Å². The van der Waals surface area contributed by atoms with E-state index in [-0.39, 0.29) is 17.9 Å². The molecule has 0 amide bonds. The average Bonchev–Trinajstić information content (AvgIpc) is 2.30. The molecule has 5 nitrogen and oxygen atoms in total. The lowest BCUT2D eigenvalue weighted by Gasteiger charge is -2.32. The first-order valence-electron chi connectivity index (χ1n) is 6.43. The highest BCUT2D eigenvalue weighted by atomic mass is 32.2. The molecule has 17 heavy (non-hydrogen) atoms. The van der Waals surface area contributed by atoms with Crippen LogP contribution in [0, 0.1) is 0 Å². The molecule has 0 aliphatic carbocycles. The van der Waals surface area contributed by atoms with E-state index in [0.29, 0.717) is 19.7 Å². The summed E-state index contributed by atoms with van der Waals surface area (Å²) < 4.78 is 31.4. The molecule has 0 spiro atoms. The van der Waals surface area contributed by atoms with Gasteiger partial charge in [0.1, 0.15) is 0 Å². The molecule has 0 bridgehead atoms. The maximum Gasteiger partial charge on any atom is 0.216 e. The molecule has 0 radical (unpaired) electrons. The number of hydrogen-bond donors (Lipinski definition) is 1. The summed E-state index contributed by atoms with van der Waals surface area (Å²) in [6.45, 7) is 1.78. The highest BCUT2D eigenvalue weighted by Crippen LogP contribution is 2.18. The van der Waals surface area contributed by atoms with Crippen LogP contribution >= 0.6 is 0 Å². The van der Waals surface area contributed by atoms with Gasteiger partial charge in [-0.15, -0.1) is 0 Å². The largest absolute Gasteiger partial charge is 0.377 e. The number of ether oxygens (including phenoxy) is 1. The van der Waals surface area contributed by atoms with Crippen molar-refractivity contribution in [2.45, 2.75) is 44.2 Å². The minimum atomic E-state index is -3.19. The number of piperidine rings is 1. The maximum absolute atomic E-state index is 12.2. The molecule has 6 heteroatoms. The van der Waals surface area contributed by atoms with Gasteiger partial charge >= 0.3 is 0 Å². The summed E-state index contributed by atoms with van der Waals surface area (Å²) in [5.41, 5.74) is 5.82. The fourth-order valence-corrected chi connectivity index (χ4v) is 4.28. The molecule has 2 saturated heterocycles. The predicted molar refractivity (Wildman–Crippen MR) is 66.2 cm³/mol. The molecular formula is C11H22N2O3S. The normalized spacial score (nSPS) is 32.5. The molecule has 2 N–H and O–H groups in total. The Balaban J connectivity index is 1.92. The molecule has 2 aliphatic rings. The average molecular weight is 262 g/mol. The Hall–Kier alpha value is -0.170. The third kappa shape index (κ3) is 3.64. The lowest BCUT2D eigenvalue weighted by Crippen LogP contribution is -2.48. The van der Waals surface area contributed by atoms with Gasteiger partial charge in [0.25, 0.3) is 0 Å². The fraction of sp³-hybridized carbons (Fsp3) is 1.00. The lowest BCUT2D eigenvalue weighted by atomic mass is 10.1. The first-order valence-corrected chi connectivity index (χ1v) is 8.04. The van der Waals surface area contributed by atoms with E-state index in [9.17, 15) is 8.42 Å². The molecule has 100 valence electrons. The van der Waals surface area contributed by atoms with Gasteiger partial charge in [0.15, 0.2) is 0 Å². The molecule has 2 fully saturated rings. The number of nitrogens with two attached hydrogens (primary N) is 1. The van der Waals surface area contributed by atoms with Crippen molar-refractivity contribution in [2.75, 3.05) is 25.4 Å². The van der Waals surface area contributed by atoms with Crippen molar-refractivity contribution in [3.05, 3.63) is 0 Å². The van der Waals surface area contributed by atoms with E-state index in [1.807, 2.05) is 0 Å². The molecule has 1 unspecified atom stereocenters. The third-order valence-electron chi connectivity index (χ3n) is 3.48. The van der Waals surface area contributed by atoms with Crippen molar-refractivity contribution in [3.8, 4) is 0 Å². The van der Waals surface area contributed by atoms with Crippen molar-refractivity contribution in [2.24, 2.45) is 5.73 Å². The maximum atomic E-state index is 12.2. The summed E-state index contributed by atoms with van der Waals surface area (Å²) in [5, 5.41) is 0. The monoisotopic (exact) mass is 262 g/mol. The molecule has 0 aromatic rings. The summed E-state index contributed by atoms with van der Waals surface area (Å²) in [6.07, 6.45) is 4.65. The van der Waals surface area contributed by atoms with Crippen molar-refractivity contribution in [3.63, 3.8) is 0 Å². The summed E-state index contributed by atoms with van der Waals surface area (Å²) in [5.74, 6) is 0.125. The van der Waals surface area contributed by atoms with Crippen molar-refractivity contribution < 1.29 is 13.2 Å². The standard InChI is InChI=1S/C11H22N2O3S/c12-10-4-3-6-13(8-10)17(14,15)9-11-5-1-2-7-16-11/h10-11H,1-9,12H2/t10-,11?/m1/s1. The number of sulfonamides is 1. The van der Waals surface area contributed by atoms with Gasteiger partial charge in [-0.1, -0.05) is 0 Å². The minimum Gasteiger partial charge on any atom is -0.377 e. The fourth-order valence-electron chi connectivity index (χ4n) is 2.51. The number of hydrogen-bond acceptors (Lipinski definition) is 4. The predicted octanol–water partition coefficient (Wildman–Crippen LogP) is 0.308. The van der Waals surface area contributed by atoms with Gasteiger partial charge in [-0.05, 0) is 32.1 Å². The van der Waals surface area contributed by atoms with Crippen LogP contribution in [-0.2, 0) is 14.8 Å². The van der Waals surface area contributed by atoms with Crippen LogP contribution in [0.25, 0.3) is 0 Å². The highest BCUT2D eigenvalue weighted by Gasteiger charge is 2.30. The molecule has 2 heterocycles. The Morgan fingerprint density at radius 2 is 2.06 bits per heavy atom. The van der Waals surface area contributed by atoms with Crippen LogP contribution in [0.4, 0.5) is 0 Å². The van der Waals surface area contributed by atoms with Gasteiger partial charge in [0.05, 0.1) is 11.9 Å². The van der Waals surface area contributed by atoms with Gasteiger partial charge in [-0.25, -0.2) is 12.7 Å². The topological polar surface area (TPSA) is 72.6 Å². The van der Waals surface area contributed by atoms with Gasteiger partial charge in [0.2, 0.25) is 10.0 Å². The molecule has 0 aromatic carbocycles. The van der Waals surface area contributed by atoms with Crippen molar-refractivity contribution >= 4 is 10.0 Å². The second-order valence-corrected chi connectivity index (χ2v) is 7.04. The van der Waals surface area contributed by atoms with E-state index in [4.69, 9.17) is 10.5 Å². The summed E-state index contributed by atoms with van der Waals surface area (Å²) >= 11 is 0. The van der Waals surface area contributed by atoms with E-state index < -0.39 is 10.0 Å². The van der Waals surface area contributed by atoms with Crippen molar-refractivity contribution in [1.82, 2.24) is 4.31 Å². The van der Waals surface area contributed by atoms with Crippen LogP contribution in [0.1, 0.15) is 32.1 Å². The second-order valence-electron chi connectivity index (χ2n) is 5.03. The van der Waals surface area contributed by atoms with Crippen LogP contribution in [0.5, 0.6) is 0 Å². The molecule has 0 aromatic heterocycles. The first kappa shape index (κ1) is 13.3. The zero-order chi connectivity index (χ0) is 12.3. The third-order valence-corrected chi connectivity index (χ3v) is 5.40. The molecule has 2 atom stereocenters. The van der Waals surface area contributed by atoms with Gasteiger partial charge in [0, 0.05) is 25.7 Å². The van der Waals surface area contributed by atoms with E-state index in [2.05, 4.69) is 0 Å². The Morgan fingerprint density at radius 1 is 1.24 bits per heavy atom. The Morgan fingerprint density at radius 3 is 2.71 bits per heavy atom. The Kier molecular flexibility index (Phi) is 4.41. The summed E-state index contributed by atoms with van der Waals surface area (Å²) in [4.78, 5) is 0. The van der Waals surface area contributed by atoms with Crippen LogP contribution < -0.4 is 5.73 Å². The van der Waals surface area contributed by atoms with E-state index >= 15 is 0 Å². The molecule has 2 rings (SSSR count). The highest BCUT2D eigenvalue weighted by molar-refractivity contribution is 7.89. The van der Waals surface area contributed by atoms with Gasteiger partial charge in [-0.3, -0.25) is 0 Å². The van der Waals surface area contributed by atoms with Crippen LogP contribution in [0.3, 0.4) is 0 Å². The number of nitrogens with zero attached hydrogens (tertiary/aromatic N) is 1. The molecule has 0 saturated carbocycles. The van der Waals surface area contributed by atoms with E-state index in [0.717, 1.165) is 32.1 Å². The first-order chi connectivity index (χ1) is 8.08. The quantitative estimate of drug-likeness (QED) is 0.794. The van der Waals surface area contributed by atoms with Crippen LogP contribution in [-0.4, -0.2) is 50.3 Å². The Bertz CT molecular complexity index is 339. The van der Waals surface area contributed by atoms with E-state index in [1.165, 1.54) is 0 Å². The summed E-state index contributed by atoms with van der Waals surface area (Å²) in [7, 11) is -3.19. The van der Waals surface area contributed by atoms with Crippen LogP contribution in [0.2, 0.25) is 0 Å². The van der Waals surface area contributed by atoms with Crippen molar-refractivity contribution in [1.29, 1.82) is 0 Å².